The summed E-state index contributed by atoms with van der Waals surface area (Å²) in [6, 6.07) is 15.5. The highest BCUT2D eigenvalue weighted by Gasteiger charge is 2.22. The lowest BCUT2D eigenvalue weighted by Crippen LogP contribution is -2.35. The molecule has 0 unspecified atom stereocenters. The molecule has 9 nitrogen and oxygen atoms in total. The maximum atomic E-state index is 13.1. The molecule has 4 rings (SSSR count). The molecule has 4 N–H and O–H groups in total. The van der Waals surface area contributed by atoms with E-state index in [0.29, 0.717) is 35.2 Å². The Morgan fingerprint density at radius 1 is 1.08 bits per heavy atom. The van der Waals surface area contributed by atoms with Gasteiger partial charge in [-0.3, -0.25) is 29.7 Å². The second kappa shape index (κ2) is 10.2. The predicted octanol–water partition coefficient (Wildman–Crippen LogP) is 3.40. The minimum atomic E-state index is -1.15. The SMILES string of the molecule is Cn1cc(C(=O)CCc2ccc(C(=N)N)cc2)c2ccc(N(CC(=O)O)C(=O)c3cccnc3)cc21. The van der Waals surface area contributed by atoms with Crippen molar-refractivity contribution in [2.24, 2.45) is 12.8 Å². The highest BCUT2D eigenvalue weighted by atomic mass is 16.4. The van der Waals surface area contributed by atoms with Crippen LogP contribution in [0.4, 0.5) is 5.69 Å². The number of hydrogen-bond acceptors (Lipinski definition) is 5. The Kier molecular flexibility index (Phi) is 6.91. The van der Waals surface area contributed by atoms with Crippen LogP contribution in [0.2, 0.25) is 0 Å². The van der Waals surface area contributed by atoms with E-state index < -0.39 is 18.4 Å². The molecule has 0 bridgehead atoms. The van der Waals surface area contributed by atoms with Gasteiger partial charge >= 0.3 is 5.97 Å². The average Bonchev–Trinajstić information content (AvgIpc) is 3.22. The predicted molar refractivity (Wildman–Crippen MR) is 137 cm³/mol. The van der Waals surface area contributed by atoms with Crippen molar-refractivity contribution in [1.29, 1.82) is 5.41 Å². The Hall–Kier alpha value is -4.79. The van der Waals surface area contributed by atoms with Crippen molar-refractivity contribution in [2.75, 3.05) is 11.4 Å². The van der Waals surface area contributed by atoms with Gasteiger partial charge < -0.3 is 15.4 Å². The van der Waals surface area contributed by atoms with Crippen molar-refractivity contribution in [3.63, 3.8) is 0 Å². The standard InChI is InChI=1S/C27H25N5O4/c1-31-15-22(24(33)11-6-17-4-7-18(8-5-17)26(28)29)21-10-9-20(13-23(21)31)32(16-25(34)35)27(36)19-3-2-12-30-14-19/h2-5,7-10,12-15H,6,11,16H2,1H3,(H3,28,29)(H,34,35). The summed E-state index contributed by atoms with van der Waals surface area (Å²) in [5.41, 5.74) is 9.04. The topological polar surface area (TPSA) is 142 Å². The minimum absolute atomic E-state index is 0.00296. The fourth-order valence-electron chi connectivity index (χ4n) is 4.07. The van der Waals surface area contributed by atoms with Gasteiger partial charge in [-0.15, -0.1) is 0 Å². The maximum absolute atomic E-state index is 13.1. The number of fused-ring (bicyclic) bond motifs is 1. The molecule has 182 valence electrons. The van der Waals surface area contributed by atoms with Crippen LogP contribution >= 0.6 is 0 Å². The number of carboxylic acids is 1. The van der Waals surface area contributed by atoms with Crippen LogP contribution in [0.25, 0.3) is 10.9 Å². The number of Topliss-reactive ketones (excluding diaryl/α,β-unsaturated/α-hetero) is 1. The number of aliphatic carboxylic acids is 1. The summed E-state index contributed by atoms with van der Waals surface area (Å²) in [5, 5.41) is 17.6. The Morgan fingerprint density at radius 2 is 1.83 bits per heavy atom. The summed E-state index contributed by atoms with van der Waals surface area (Å²) >= 11 is 0. The van der Waals surface area contributed by atoms with Gasteiger partial charge in [-0.05, 0) is 36.2 Å². The van der Waals surface area contributed by atoms with Gasteiger partial charge in [0, 0.05) is 54.3 Å². The molecule has 0 aliphatic heterocycles. The molecule has 2 aromatic heterocycles. The average molecular weight is 484 g/mol. The van der Waals surface area contributed by atoms with Gasteiger partial charge in [0.2, 0.25) is 0 Å². The molecule has 9 heteroatoms. The van der Waals surface area contributed by atoms with Crippen LogP contribution in [-0.4, -0.2) is 44.7 Å². The number of rotatable bonds is 9. The Morgan fingerprint density at radius 3 is 2.47 bits per heavy atom. The van der Waals surface area contributed by atoms with E-state index in [1.165, 1.54) is 17.3 Å². The third kappa shape index (κ3) is 5.15. The first-order valence-electron chi connectivity index (χ1n) is 11.2. The molecule has 2 aromatic carbocycles. The number of amides is 1. The Bertz CT molecular complexity index is 1460. The van der Waals surface area contributed by atoms with Crippen LogP contribution in [0, 0.1) is 5.41 Å². The largest absolute Gasteiger partial charge is 0.480 e. The van der Waals surface area contributed by atoms with Crippen molar-refractivity contribution in [3.8, 4) is 0 Å². The lowest BCUT2D eigenvalue weighted by Gasteiger charge is -2.21. The van der Waals surface area contributed by atoms with Crippen LogP contribution in [0.1, 0.15) is 38.3 Å². The number of anilines is 1. The van der Waals surface area contributed by atoms with Crippen molar-refractivity contribution >= 4 is 40.1 Å². The number of nitrogens with zero attached hydrogens (tertiary/aromatic N) is 3. The number of carbonyl (C=O) groups excluding carboxylic acids is 2. The Labute approximate surface area is 207 Å². The summed E-state index contributed by atoms with van der Waals surface area (Å²) < 4.78 is 1.79. The molecule has 4 aromatic rings. The zero-order chi connectivity index (χ0) is 25.8. The van der Waals surface area contributed by atoms with E-state index in [4.69, 9.17) is 11.1 Å². The summed E-state index contributed by atoms with van der Waals surface area (Å²) in [5.74, 6) is -1.66. The molecule has 0 radical (unpaired) electrons. The van der Waals surface area contributed by atoms with Crippen LogP contribution in [0.3, 0.4) is 0 Å². The lowest BCUT2D eigenvalue weighted by molar-refractivity contribution is -0.135. The molecule has 0 saturated heterocycles. The number of pyridine rings is 1. The number of aryl methyl sites for hydroxylation is 2. The molecule has 0 aliphatic rings. The van der Waals surface area contributed by atoms with E-state index in [1.807, 2.05) is 12.1 Å². The minimum Gasteiger partial charge on any atom is -0.480 e. The van der Waals surface area contributed by atoms with Crippen molar-refractivity contribution in [2.45, 2.75) is 12.8 Å². The molecule has 0 spiro atoms. The van der Waals surface area contributed by atoms with E-state index in [2.05, 4.69) is 4.98 Å². The molecular weight excluding hydrogens is 458 g/mol. The third-order valence-electron chi connectivity index (χ3n) is 5.94. The number of aromatic nitrogens is 2. The number of amidine groups is 1. The summed E-state index contributed by atoms with van der Waals surface area (Å²) in [6.07, 6.45) is 5.51. The third-order valence-corrected chi connectivity index (χ3v) is 5.94. The van der Waals surface area contributed by atoms with Crippen LogP contribution < -0.4 is 10.6 Å². The zero-order valence-electron chi connectivity index (χ0n) is 19.6. The van der Waals surface area contributed by atoms with Gasteiger partial charge in [-0.25, -0.2) is 0 Å². The molecule has 1 amide bonds. The summed E-state index contributed by atoms with van der Waals surface area (Å²) in [7, 11) is 1.80. The smallest absolute Gasteiger partial charge is 0.323 e. The molecule has 36 heavy (non-hydrogen) atoms. The van der Waals surface area contributed by atoms with E-state index in [9.17, 15) is 19.5 Å². The molecule has 2 heterocycles. The normalized spacial score (nSPS) is 10.8. The number of benzene rings is 2. The van der Waals surface area contributed by atoms with Gasteiger partial charge in [0.1, 0.15) is 12.4 Å². The number of carbonyl (C=O) groups is 3. The zero-order valence-corrected chi connectivity index (χ0v) is 19.6. The first-order valence-corrected chi connectivity index (χ1v) is 11.2. The maximum Gasteiger partial charge on any atom is 0.323 e. The van der Waals surface area contributed by atoms with Crippen LogP contribution in [-0.2, 0) is 18.3 Å². The monoisotopic (exact) mass is 483 g/mol. The molecule has 0 fully saturated rings. The highest BCUT2D eigenvalue weighted by molar-refractivity contribution is 6.11. The second-order valence-corrected chi connectivity index (χ2v) is 8.42. The van der Waals surface area contributed by atoms with Crippen molar-refractivity contribution in [1.82, 2.24) is 9.55 Å². The summed E-state index contributed by atoms with van der Waals surface area (Å²) in [6.45, 7) is -0.516. The molecular formula is C27H25N5O4. The van der Waals surface area contributed by atoms with Crippen molar-refractivity contribution < 1.29 is 19.5 Å². The summed E-state index contributed by atoms with van der Waals surface area (Å²) in [4.78, 5) is 42.7. The van der Waals surface area contributed by atoms with Gasteiger partial charge in [-0.2, -0.15) is 0 Å². The van der Waals surface area contributed by atoms with Crippen molar-refractivity contribution in [3.05, 3.63) is 95.4 Å². The fraction of sp³-hybridized carbons (Fsp3) is 0.148. The van der Waals surface area contributed by atoms with Gasteiger partial charge in [-0.1, -0.05) is 30.3 Å². The van der Waals surface area contributed by atoms with Gasteiger partial charge in [0.25, 0.3) is 5.91 Å². The first-order chi connectivity index (χ1) is 17.2. The number of carboxylic acid groups (broad SMARTS) is 1. The van der Waals surface area contributed by atoms with Crippen LogP contribution in [0.5, 0.6) is 0 Å². The number of nitrogen functional groups attached to an aromatic ring is 1. The molecule has 0 saturated carbocycles. The first kappa shape index (κ1) is 24.3. The Balaban J connectivity index is 1.59. The van der Waals surface area contributed by atoms with E-state index in [0.717, 1.165) is 10.9 Å². The molecule has 0 atom stereocenters. The van der Waals surface area contributed by atoms with E-state index >= 15 is 0 Å². The van der Waals surface area contributed by atoms with Crippen LogP contribution in [0.15, 0.2) is 73.2 Å². The van der Waals surface area contributed by atoms with E-state index in [-0.39, 0.29) is 17.2 Å². The second-order valence-electron chi connectivity index (χ2n) is 8.42. The number of nitrogens with two attached hydrogens (primary N) is 1. The number of hydrogen-bond donors (Lipinski definition) is 3. The molecule has 0 aliphatic carbocycles. The van der Waals surface area contributed by atoms with Gasteiger partial charge in [0.15, 0.2) is 5.78 Å². The fourth-order valence-corrected chi connectivity index (χ4v) is 4.07. The highest BCUT2D eigenvalue weighted by Crippen LogP contribution is 2.28. The number of nitrogens with one attached hydrogen (secondary N) is 1. The van der Waals surface area contributed by atoms with Gasteiger partial charge in [0.05, 0.1) is 11.1 Å². The number of ketones is 1. The quantitative estimate of drug-likeness (QED) is 0.189. The lowest BCUT2D eigenvalue weighted by atomic mass is 10.0. The van der Waals surface area contributed by atoms with E-state index in [1.54, 1.807) is 60.3 Å².